The SMILES string of the molecule is CC(C)(C)OC(=O)CCNCc1ccc(CC=NOCc2ccc(C3CCCCC3)c(C(F)(F)F)c2)nc1Cl. The lowest BCUT2D eigenvalue weighted by molar-refractivity contribution is -0.154. The predicted octanol–water partition coefficient (Wildman–Crippen LogP) is 7.37. The fraction of sp³-hybridized carbons (Fsp3) is 0.552. The van der Waals surface area contributed by atoms with Crippen LogP contribution in [-0.4, -0.2) is 29.3 Å². The Bertz CT molecular complexity index is 1130. The number of rotatable bonds is 11. The molecule has 214 valence electrons. The van der Waals surface area contributed by atoms with E-state index >= 15 is 0 Å². The van der Waals surface area contributed by atoms with Crippen LogP contribution in [0.25, 0.3) is 0 Å². The molecule has 0 atom stereocenters. The highest BCUT2D eigenvalue weighted by molar-refractivity contribution is 6.30. The summed E-state index contributed by atoms with van der Waals surface area (Å²) in [6.07, 6.45) is 2.31. The molecule has 39 heavy (non-hydrogen) atoms. The second-order valence-corrected chi connectivity index (χ2v) is 11.1. The minimum atomic E-state index is -4.41. The van der Waals surface area contributed by atoms with E-state index in [4.69, 9.17) is 21.2 Å². The molecule has 1 saturated carbocycles. The Hall–Kier alpha value is -2.65. The molecule has 1 fully saturated rings. The van der Waals surface area contributed by atoms with Crippen LogP contribution in [-0.2, 0) is 40.1 Å². The fourth-order valence-electron chi connectivity index (χ4n) is 4.56. The zero-order valence-electron chi connectivity index (χ0n) is 22.7. The van der Waals surface area contributed by atoms with Gasteiger partial charge < -0.3 is 14.9 Å². The van der Waals surface area contributed by atoms with E-state index in [0.29, 0.717) is 41.5 Å². The summed E-state index contributed by atoms with van der Waals surface area (Å²) in [6.45, 7) is 6.31. The molecule has 0 spiro atoms. The van der Waals surface area contributed by atoms with Gasteiger partial charge in [0.05, 0.1) is 12.0 Å². The number of nitrogens with one attached hydrogen (secondary N) is 1. The number of carbonyl (C=O) groups excluding carboxylic acids is 1. The van der Waals surface area contributed by atoms with Crippen molar-refractivity contribution in [1.29, 1.82) is 0 Å². The zero-order valence-corrected chi connectivity index (χ0v) is 23.5. The van der Waals surface area contributed by atoms with Crippen molar-refractivity contribution in [3.63, 3.8) is 0 Å². The molecular weight excluding hydrogens is 531 g/mol. The van der Waals surface area contributed by atoms with Gasteiger partial charge in [-0.3, -0.25) is 4.79 Å². The van der Waals surface area contributed by atoms with Gasteiger partial charge in [-0.05, 0) is 62.8 Å². The number of aromatic nitrogens is 1. The Balaban J connectivity index is 1.46. The van der Waals surface area contributed by atoms with E-state index in [2.05, 4.69) is 15.5 Å². The molecule has 0 saturated heterocycles. The zero-order chi connectivity index (χ0) is 28.5. The molecule has 10 heteroatoms. The maximum absolute atomic E-state index is 13.7. The van der Waals surface area contributed by atoms with E-state index in [1.165, 1.54) is 12.3 Å². The Labute approximate surface area is 233 Å². The second-order valence-electron chi connectivity index (χ2n) is 10.8. The van der Waals surface area contributed by atoms with Gasteiger partial charge in [0, 0.05) is 37.0 Å². The van der Waals surface area contributed by atoms with Crippen LogP contribution < -0.4 is 5.32 Å². The lowest BCUT2D eigenvalue weighted by atomic mass is 9.81. The van der Waals surface area contributed by atoms with Gasteiger partial charge in [0.15, 0.2) is 0 Å². The molecule has 2 aromatic rings. The van der Waals surface area contributed by atoms with Crippen molar-refractivity contribution in [3.8, 4) is 0 Å². The van der Waals surface area contributed by atoms with Crippen LogP contribution in [0, 0.1) is 0 Å². The van der Waals surface area contributed by atoms with Gasteiger partial charge in [0.25, 0.3) is 0 Å². The molecule has 1 aliphatic carbocycles. The maximum Gasteiger partial charge on any atom is 0.416 e. The van der Waals surface area contributed by atoms with E-state index in [1.54, 1.807) is 12.1 Å². The van der Waals surface area contributed by atoms with E-state index in [0.717, 1.165) is 37.7 Å². The smallest absolute Gasteiger partial charge is 0.416 e. The number of oxime groups is 1. The number of hydrogen-bond donors (Lipinski definition) is 1. The van der Waals surface area contributed by atoms with Gasteiger partial charge in [-0.2, -0.15) is 13.2 Å². The summed E-state index contributed by atoms with van der Waals surface area (Å²) in [4.78, 5) is 21.4. The standard InChI is InChI=1S/C29H37ClF3N3O3/c1-28(2,3)39-26(37)14-15-34-18-22-10-11-23(36-27(22)30)13-16-35-38-19-20-9-12-24(21-7-5-4-6-8-21)25(17-20)29(31,32)33/h9-12,16-17,21,34H,4-8,13-15,18-19H2,1-3H3. The molecule has 1 N–H and O–H groups in total. The normalized spacial score (nSPS) is 15.1. The highest BCUT2D eigenvalue weighted by Crippen LogP contribution is 2.41. The van der Waals surface area contributed by atoms with Crippen LogP contribution in [0.1, 0.15) is 93.2 Å². The van der Waals surface area contributed by atoms with Crippen LogP contribution in [0.4, 0.5) is 13.2 Å². The number of esters is 1. The minimum Gasteiger partial charge on any atom is -0.460 e. The van der Waals surface area contributed by atoms with Crippen molar-refractivity contribution >= 4 is 23.8 Å². The predicted molar refractivity (Wildman–Crippen MR) is 146 cm³/mol. The summed E-state index contributed by atoms with van der Waals surface area (Å²) in [5, 5.41) is 7.36. The fourth-order valence-corrected chi connectivity index (χ4v) is 4.79. The monoisotopic (exact) mass is 567 g/mol. The van der Waals surface area contributed by atoms with E-state index in [1.807, 2.05) is 32.9 Å². The quantitative estimate of drug-likeness (QED) is 0.101. The topological polar surface area (TPSA) is 72.8 Å². The summed E-state index contributed by atoms with van der Waals surface area (Å²) in [6, 6.07) is 8.12. The number of ether oxygens (including phenoxy) is 1. The molecule has 0 bridgehead atoms. The molecule has 1 aliphatic rings. The second kappa shape index (κ2) is 14.1. The van der Waals surface area contributed by atoms with Crippen LogP contribution >= 0.6 is 11.6 Å². The molecule has 1 aromatic heterocycles. The third-order valence-electron chi connectivity index (χ3n) is 6.37. The largest absolute Gasteiger partial charge is 0.460 e. The lowest BCUT2D eigenvalue weighted by Gasteiger charge is -2.25. The van der Waals surface area contributed by atoms with Gasteiger partial charge in [-0.15, -0.1) is 0 Å². The number of alkyl halides is 3. The van der Waals surface area contributed by atoms with Crippen molar-refractivity contribution in [2.24, 2.45) is 5.16 Å². The molecule has 0 aliphatic heterocycles. The average Bonchev–Trinajstić information content (AvgIpc) is 2.86. The lowest BCUT2D eigenvalue weighted by Crippen LogP contribution is -2.26. The van der Waals surface area contributed by atoms with Gasteiger partial charge in [-0.25, -0.2) is 4.98 Å². The van der Waals surface area contributed by atoms with Gasteiger partial charge in [-0.1, -0.05) is 54.2 Å². The van der Waals surface area contributed by atoms with Crippen LogP contribution in [0.2, 0.25) is 5.15 Å². The number of halogens is 4. The van der Waals surface area contributed by atoms with Crippen molar-refractivity contribution in [1.82, 2.24) is 10.3 Å². The van der Waals surface area contributed by atoms with Gasteiger partial charge >= 0.3 is 12.1 Å². The Morgan fingerprint density at radius 1 is 1.15 bits per heavy atom. The van der Waals surface area contributed by atoms with Gasteiger partial charge in [0.1, 0.15) is 17.4 Å². The Kier molecular flexibility index (Phi) is 11.2. The first kappa shape index (κ1) is 30.9. The first-order valence-corrected chi connectivity index (χ1v) is 13.7. The molecule has 1 heterocycles. The van der Waals surface area contributed by atoms with Crippen LogP contribution in [0.15, 0.2) is 35.5 Å². The summed E-state index contributed by atoms with van der Waals surface area (Å²) in [7, 11) is 0. The van der Waals surface area contributed by atoms with E-state index < -0.39 is 17.3 Å². The maximum atomic E-state index is 13.7. The van der Waals surface area contributed by atoms with Gasteiger partial charge in [0.2, 0.25) is 0 Å². The molecule has 3 rings (SSSR count). The Morgan fingerprint density at radius 2 is 1.90 bits per heavy atom. The first-order valence-electron chi connectivity index (χ1n) is 13.3. The Morgan fingerprint density at radius 3 is 2.56 bits per heavy atom. The molecule has 0 unspecified atom stereocenters. The third-order valence-corrected chi connectivity index (χ3v) is 6.70. The summed E-state index contributed by atoms with van der Waals surface area (Å²) in [5.74, 6) is -0.310. The van der Waals surface area contributed by atoms with Crippen LogP contribution in [0.3, 0.4) is 0 Å². The molecule has 6 nitrogen and oxygen atoms in total. The molecular formula is C29H37ClF3N3O3. The molecule has 0 amide bonds. The number of hydrogen-bond acceptors (Lipinski definition) is 6. The number of benzene rings is 1. The third kappa shape index (κ3) is 10.4. The number of nitrogens with zero attached hydrogens (tertiary/aromatic N) is 2. The average molecular weight is 568 g/mol. The number of pyridine rings is 1. The van der Waals surface area contributed by atoms with Crippen LogP contribution in [0.5, 0.6) is 0 Å². The van der Waals surface area contributed by atoms with E-state index in [9.17, 15) is 18.0 Å². The molecule has 0 radical (unpaired) electrons. The number of carbonyl (C=O) groups is 1. The highest BCUT2D eigenvalue weighted by atomic mass is 35.5. The van der Waals surface area contributed by atoms with Crippen molar-refractivity contribution in [2.75, 3.05) is 6.54 Å². The van der Waals surface area contributed by atoms with Crippen molar-refractivity contribution in [2.45, 2.75) is 96.6 Å². The summed E-state index contributed by atoms with van der Waals surface area (Å²) < 4.78 is 46.5. The van der Waals surface area contributed by atoms with Crippen molar-refractivity contribution in [3.05, 3.63) is 63.4 Å². The molecule has 1 aromatic carbocycles. The minimum absolute atomic E-state index is 0.0397. The summed E-state index contributed by atoms with van der Waals surface area (Å²) >= 11 is 6.29. The summed E-state index contributed by atoms with van der Waals surface area (Å²) in [5.41, 5.74) is 1.18. The highest BCUT2D eigenvalue weighted by Gasteiger charge is 2.35. The first-order chi connectivity index (χ1) is 18.4. The van der Waals surface area contributed by atoms with Crippen molar-refractivity contribution < 1.29 is 27.5 Å². The van der Waals surface area contributed by atoms with E-state index in [-0.39, 0.29) is 24.9 Å².